The first-order valence-corrected chi connectivity index (χ1v) is 5.80. The molecule has 2 nitrogen and oxygen atoms in total. The van der Waals surface area contributed by atoms with E-state index < -0.39 is 0 Å². The number of hydrogen-bond acceptors (Lipinski definition) is 2. The van der Waals surface area contributed by atoms with Crippen LogP contribution in [-0.2, 0) is 0 Å². The molecule has 0 aromatic carbocycles. The second-order valence-corrected chi connectivity index (χ2v) is 6.29. The molecule has 2 aliphatic rings. The fourth-order valence-corrected chi connectivity index (χ4v) is 2.92. The summed E-state index contributed by atoms with van der Waals surface area (Å²) in [6.45, 7) is 12.0. The first kappa shape index (κ1) is 10.4. The van der Waals surface area contributed by atoms with Gasteiger partial charge in [-0.1, -0.05) is 27.7 Å². The molecule has 2 rings (SSSR count). The summed E-state index contributed by atoms with van der Waals surface area (Å²) in [5, 5.41) is 3.82. The van der Waals surface area contributed by atoms with Crippen LogP contribution in [0.2, 0.25) is 0 Å². The summed E-state index contributed by atoms with van der Waals surface area (Å²) in [5.41, 5.74) is 0.961. The summed E-state index contributed by atoms with van der Waals surface area (Å²) in [4.78, 5) is 2.42. The minimum atomic E-state index is 0.480. The van der Waals surface area contributed by atoms with Gasteiger partial charge in [0.25, 0.3) is 0 Å². The Kier molecular flexibility index (Phi) is 2.20. The normalized spacial score (nSPS) is 36.2. The van der Waals surface area contributed by atoms with Gasteiger partial charge < -0.3 is 10.2 Å². The van der Waals surface area contributed by atoms with Crippen LogP contribution in [0.5, 0.6) is 0 Å². The summed E-state index contributed by atoms with van der Waals surface area (Å²) < 4.78 is 0. The highest BCUT2D eigenvalue weighted by molar-refractivity contribution is 5.18. The molecule has 0 aromatic rings. The Hall–Kier alpha value is -0.0800. The molecule has 82 valence electrons. The van der Waals surface area contributed by atoms with Crippen molar-refractivity contribution >= 4 is 0 Å². The van der Waals surface area contributed by atoms with Crippen molar-refractivity contribution in [1.82, 2.24) is 10.2 Å². The van der Waals surface area contributed by atoms with Crippen molar-refractivity contribution in [2.75, 3.05) is 20.1 Å². The molecule has 0 spiro atoms. The number of nitrogens with one attached hydrogen (secondary N) is 1. The third-order valence-corrected chi connectivity index (χ3v) is 4.81. The molecule has 1 N–H and O–H groups in total. The average molecular weight is 196 g/mol. The van der Waals surface area contributed by atoms with Crippen molar-refractivity contribution in [2.45, 2.75) is 46.2 Å². The lowest BCUT2D eigenvalue weighted by molar-refractivity contribution is 0.389. The van der Waals surface area contributed by atoms with Crippen LogP contribution < -0.4 is 5.32 Å². The second kappa shape index (κ2) is 2.96. The lowest BCUT2D eigenvalue weighted by atomic mass is 10.0. The number of nitrogens with zero attached hydrogens (tertiary/aromatic N) is 1. The van der Waals surface area contributed by atoms with Gasteiger partial charge in [-0.25, -0.2) is 0 Å². The maximum absolute atomic E-state index is 3.82. The summed E-state index contributed by atoms with van der Waals surface area (Å²) in [7, 11) is 2.21. The zero-order valence-electron chi connectivity index (χ0n) is 10.2. The van der Waals surface area contributed by atoms with E-state index in [4.69, 9.17) is 0 Å². The van der Waals surface area contributed by atoms with E-state index in [-0.39, 0.29) is 0 Å². The number of likely N-dealkylation sites (tertiary alicyclic amines) is 1. The molecular formula is C12H24N2. The molecule has 1 saturated carbocycles. The molecular weight excluding hydrogens is 172 g/mol. The molecule has 1 unspecified atom stereocenters. The van der Waals surface area contributed by atoms with Crippen LogP contribution in [0, 0.1) is 10.8 Å². The lowest BCUT2D eigenvalue weighted by Crippen LogP contribution is -2.36. The third kappa shape index (κ3) is 1.40. The van der Waals surface area contributed by atoms with Gasteiger partial charge in [0.15, 0.2) is 0 Å². The summed E-state index contributed by atoms with van der Waals surface area (Å²) in [6.07, 6.45) is 1.32. The molecule has 0 aromatic heterocycles. The van der Waals surface area contributed by atoms with Crippen LogP contribution in [-0.4, -0.2) is 37.1 Å². The zero-order valence-corrected chi connectivity index (χ0v) is 10.2. The second-order valence-electron chi connectivity index (χ2n) is 6.29. The highest BCUT2D eigenvalue weighted by Gasteiger charge is 2.64. The molecule has 1 saturated heterocycles. The Balaban J connectivity index is 1.89. The van der Waals surface area contributed by atoms with E-state index in [0.29, 0.717) is 16.9 Å². The highest BCUT2D eigenvalue weighted by atomic mass is 15.2. The van der Waals surface area contributed by atoms with Crippen LogP contribution in [0.25, 0.3) is 0 Å². The molecule has 2 heteroatoms. The maximum atomic E-state index is 3.82. The Morgan fingerprint density at radius 3 is 2.07 bits per heavy atom. The summed E-state index contributed by atoms with van der Waals surface area (Å²) >= 11 is 0. The van der Waals surface area contributed by atoms with Crippen LogP contribution in [0.1, 0.15) is 34.1 Å². The van der Waals surface area contributed by atoms with Gasteiger partial charge in [0.05, 0.1) is 0 Å². The lowest BCUT2D eigenvalue weighted by Gasteiger charge is -2.14. The molecule has 14 heavy (non-hydrogen) atoms. The molecule has 0 amide bonds. The fraction of sp³-hybridized carbons (Fsp3) is 1.00. The van der Waals surface area contributed by atoms with Gasteiger partial charge in [-0.3, -0.25) is 0 Å². The van der Waals surface area contributed by atoms with E-state index in [1.165, 1.54) is 19.5 Å². The van der Waals surface area contributed by atoms with E-state index >= 15 is 0 Å². The van der Waals surface area contributed by atoms with Gasteiger partial charge in [0.2, 0.25) is 0 Å². The fourth-order valence-electron chi connectivity index (χ4n) is 2.92. The highest BCUT2D eigenvalue weighted by Crippen LogP contribution is 2.62. The summed E-state index contributed by atoms with van der Waals surface area (Å²) in [6, 6.07) is 1.44. The largest absolute Gasteiger partial charge is 0.309 e. The minimum absolute atomic E-state index is 0.480. The van der Waals surface area contributed by atoms with Crippen LogP contribution in [0.15, 0.2) is 0 Å². The predicted molar refractivity (Wildman–Crippen MR) is 60.4 cm³/mol. The molecule has 0 radical (unpaired) electrons. The zero-order chi connectivity index (χ0) is 10.6. The molecule has 1 aliphatic heterocycles. The van der Waals surface area contributed by atoms with E-state index in [9.17, 15) is 0 Å². The number of likely N-dealkylation sites (N-methyl/N-ethyl adjacent to an activating group) is 1. The third-order valence-electron chi connectivity index (χ3n) is 4.81. The van der Waals surface area contributed by atoms with E-state index in [1.807, 2.05) is 0 Å². The van der Waals surface area contributed by atoms with E-state index in [1.54, 1.807) is 0 Å². The average Bonchev–Trinajstić information content (AvgIpc) is 2.47. The van der Waals surface area contributed by atoms with Crippen LogP contribution in [0.4, 0.5) is 0 Å². The summed E-state index contributed by atoms with van der Waals surface area (Å²) in [5.74, 6) is 0. The Bertz CT molecular complexity index is 218. The van der Waals surface area contributed by atoms with E-state index in [2.05, 4.69) is 45.0 Å². The monoisotopic (exact) mass is 196 g/mol. The molecule has 1 atom stereocenters. The van der Waals surface area contributed by atoms with Crippen LogP contribution >= 0.6 is 0 Å². The quantitative estimate of drug-likeness (QED) is 0.723. The van der Waals surface area contributed by atoms with Gasteiger partial charge in [0, 0.05) is 18.6 Å². The first-order chi connectivity index (χ1) is 6.35. The predicted octanol–water partition coefficient (Wildman–Crippen LogP) is 1.71. The molecule has 1 heterocycles. The van der Waals surface area contributed by atoms with Gasteiger partial charge in [-0.05, 0) is 30.8 Å². The Morgan fingerprint density at radius 1 is 1.14 bits per heavy atom. The SMILES string of the molecule is CN1CCC(NC2C(C)(C)C2(C)C)C1. The van der Waals surface area contributed by atoms with Crippen molar-refractivity contribution in [1.29, 1.82) is 0 Å². The van der Waals surface area contributed by atoms with Crippen LogP contribution in [0.3, 0.4) is 0 Å². The minimum Gasteiger partial charge on any atom is -0.309 e. The van der Waals surface area contributed by atoms with Gasteiger partial charge in [-0.15, -0.1) is 0 Å². The van der Waals surface area contributed by atoms with Crippen molar-refractivity contribution < 1.29 is 0 Å². The maximum Gasteiger partial charge on any atom is 0.0210 e. The Labute approximate surface area is 88.1 Å². The Morgan fingerprint density at radius 2 is 1.71 bits per heavy atom. The topological polar surface area (TPSA) is 15.3 Å². The first-order valence-electron chi connectivity index (χ1n) is 5.80. The van der Waals surface area contributed by atoms with Crippen molar-refractivity contribution in [2.24, 2.45) is 10.8 Å². The van der Waals surface area contributed by atoms with Crippen molar-refractivity contribution in [3.05, 3.63) is 0 Å². The molecule has 2 fully saturated rings. The van der Waals surface area contributed by atoms with E-state index in [0.717, 1.165) is 6.04 Å². The molecule has 1 aliphatic carbocycles. The van der Waals surface area contributed by atoms with Crippen molar-refractivity contribution in [3.8, 4) is 0 Å². The molecule has 0 bridgehead atoms. The van der Waals surface area contributed by atoms with Gasteiger partial charge in [0.1, 0.15) is 0 Å². The van der Waals surface area contributed by atoms with Crippen molar-refractivity contribution in [3.63, 3.8) is 0 Å². The number of rotatable bonds is 2. The van der Waals surface area contributed by atoms with Gasteiger partial charge in [-0.2, -0.15) is 0 Å². The standard InChI is InChI=1S/C12H24N2/c1-11(2)10(12(11,3)4)13-9-6-7-14(5)8-9/h9-10,13H,6-8H2,1-5H3. The van der Waals surface area contributed by atoms with Gasteiger partial charge >= 0.3 is 0 Å². The smallest absolute Gasteiger partial charge is 0.0210 e. The number of hydrogen-bond donors (Lipinski definition) is 1.